The van der Waals surface area contributed by atoms with Crippen molar-refractivity contribution in [3.8, 4) is 0 Å². The number of thiophene rings is 1. The number of hydrogen-bond donors (Lipinski definition) is 2. The lowest BCUT2D eigenvalue weighted by atomic mass is 10.1. The van der Waals surface area contributed by atoms with Crippen LogP contribution in [-0.2, 0) is 22.5 Å². The molecule has 1 aliphatic heterocycles. The minimum atomic E-state index is -0.115. The van der Waals surface area contributed by atoms with Crippen LogP contribution < -0.4 is 10.6 Å². The quantitative estimate of drug-likeness (QED) is 0.873. The number of hydrogen-bond acceptors (Lipinski definition) is 4. The highest BCUT2D eigenvalue weighted by molar-refractivity contribution is 7.09. The molecule has 2 heterocycles. The molecule has 2 amide bonds. The molecule has 0 atom stereocenters. The van der Waals surface area contributed by atoms with E-state index in [0.717, 1.165) is 29.3 Å². The Bertz CT molecular complexity index is 682. The Hall–Kier alpha value is -2.18. The molecule has 3 rings (SSSR count). The summed E-state index contributed by atoms with van der Waals surface area (Å²) in [6, 6.07) is 9.22. The van der Waals surface area contributed by atoms with Crippen LogP contribution in [0.15, 0.2) is 35.7 Å². The molecule has 1 aromatic carbocycles. The zero-order chi connectivity index (χ0) is 17.4. The Kier molecular flexibility index (Phi) is 6.96. The van der Waals surface area contributed by atoms with Crippen LogP contribution in [0.25, 0.3) is 0 Å². The first-order valence-electron chi connectivity index (χ1n) is 7.95. The summed E-state index contributed by atoms with van der Waals surface area (Å²) in [7, 11) is 0. The van der Waals surface area contributed by atoms with Crippen LogP contribution in [0.4, 0.5) is 5.69 Å². The lowest BCUT2D eigenvalue weighted by Crippen LogP contribution is -2.22. The summed E-state index contributed by atoms with van der Waals surface area (Å²) in [5.41, 5.74) is 2.28. The molecule has 6 heteroatoms. The number of nitrogens with one attached hydrogen (secondary N) is 2. The Balaban J connectivity index is 0.000000368. The van der Waals surface area contributed by atoms with Crippen LogP contribution in [-0.4, -0.2) is 25.0 Å². The van der Waals surface area contributed by atoms with Gasteiger partial charge in [-0.05, 0) is 49.1 Å². The van der Waals surface area contributed by atoms with Gasteiger partial charge in [0.05, 0.1) is 13.0 Å². The fourth-order valence-electron chi connectivity index (χ4n) is 2.26. The monoisotopic (exact) mass is 346 g/mol. The summed E-state index contributed by atoms with van der Waals surface area (Å²) in [5.74, 6) is -0.137. The largest absolute Gasteiger partial charge is 0.382 e. The number of carbonyl (C=O) groups excluding carboxylic acids is 2. The van der Waals surface area contributed by atoms with Crippen LogP contribution >= 0.6 is 11.3 Å². The highest BCUT2D eigenvalue weighted by Gasteiger charge is 2.18. The zero-order valence-corrected chi connectivity index (χ0v) is 14.7. The van der Waals surface area contributed by atoms with Crippen molar-refractivity contribution in [1.29, 1.82) is 0 Å². The molecule has 0 radical (unpaired) electrons. The van der Waals surface area contributed by atoms with E-state index in [0.29, 0.717) is 18.5 Å². The number of carbonyl (C=O) groups is 2. The van der Waals surface area contributed by atoms with E-state index >= 15 is 0 Å². The van der Waals surface area contributed by atoms with Crippen molar-refractivity contribution in [3.05, 3.63) is 51.7 Å². The average molecular weight is 346 g/mol. The predicted octanol–water partition coefficient (Wildman–Crippen LogP) is 3.22. The number of ether oxygens (including phenoxy) is 1. The standard InChI is InChI=1S/C14H12N2O2S.C4H10O/c17-13-7-10-6-9(3-4-12(10)16-13)14(18)15-8-11-2-1-5-19-11;1-3-5-4-2/h1-6H,7-8H2,(H,15,18)(H,16,17);3-4H2,1-2H3. The lowest BCUT2D eigenvalue weighted by Gasteiger charge is -2.05. The number of fused-ring (bicyclic) bond motifs is 1. The first-order valence-corrected chi connectivity index (χ1v) is 8.83. The van der Waals surface area contributed by atoms with Crippen LogP contribution in [0.1, 0.15) is 34.6 Å². The van der Waals surface area contributed by atoms with Gasteiger partial charge in [0.2, 0.25) is 5.91 Å². The molecule has 0 fully saturated rings. The van der Waals surface area contributed by atoms with Gasteiger partial charge in [0.1, 0.15) is 0 Å². The Morgan fingerprint density at radius 3 is 2.71 bits per heavy atom. The maximum absolute atomic E-state index is 12.0. The summed E-state index contributed by atoms with van der Waals surface area (Å²) in [6.07, 6.45) is 0.349. The maximum atomic E-state index is 12.0. The molecule has 1 aliphatic rings. The van der Waals surface area contributed by atoms with E-state index in [4.69, 9.17) is 4.74 Å². The number of benzene rings is 1. The van der Waals surface area contributed by atoms with E-state index in [-0.39, 0.29) is 11.8 Å². The molecular formula is C18H22N2O3S. The number of amides is 2. The van der Waals surface area contributed by atoms with Gasteiger partial charge in [-0.1, -0.05) is 6.07 Å². The van der Waals surface area contributed by atoms with Gasteiger partial charge in [0.15, 0.2) is 0 Å². The van der Waals surface area contributed by atoms with Crippen molar-refractivity contribution in [2.24, 2.45) is 0 Å². The van der Waals surface area contributed by atoms with Crippen molar-refractivity contribution in [1.82, 2.24) is 5.32 Å². The smallest absolute Gasteiger partial charge is 0.251 e. The molecule has 5 nitrogen and oxygen atoms in total. The highest BCUT2D eigenvalue weighted by atomic mass is 32.1. The topological polar surface area (TPSA) is 67.4 Å². The first kappa shape index (κ1) is 18.2. The second-order valence-electron chi connectivity index (χ2n) is 5.14. The van der Waals surface area contributed by atoms with Crippen molar-refractivity contribution in [3.63, 3.8) is 0 Å². The minimum absolute atomic E-state index is 0.0221. The van der Waals surface area contributed by atoms with E-state index in [1.165, 1.54) is 0 Å². The average Bonchev–Trinajstić information content (AvgIpc) is 3.21. The lowest BCUT2D eigenvalue weighted by molar-refractivity contribution is -0.115. The third kappa shape index (κ3) is 5.18. The second-order valence-corrected chi connectivity index (χ2v) is 6.17. The molecule has 1 aromatic heterocycles. The summed E-state index contributed by atoms with van der Waals surface area (Å²) in [5, 5.41) is 7.60. The molecule has 0 aliphatic carbocycles. The second kappa shape index (κ2) is 9.20. The van der Waals surface area contributed by atoms with Crippen molar-refractivity contribution < 1.29 is 14.3 Å². The van der Waals surface area contributed by atoms with Crippen molar-refractivity contribution in [2.45, 2.75) is 26.8 Å². The van der Waals surface area contributed by atoms with Crippen molar-refractivity contribution in [2.75, 3.05) is 18.5 Å². The zero-order valence-electron chi connectivity index (χ0n) is 13.9. The molecule has 2 aromatic rings. The van der Waals surface area contributed by atoms with Gasteiger partial charge < -0.3 is 15.4 Å². The van der Waals surface area contributed by atoms with E-state index in [1.54, 1.807) is 29.5 Å². The molecule has 0 saturated heterocycles. The molecule has 0 unspecified atom stereocenters. The van der Waals surface area contributed by atoms with Gasteiger partial charge in [-0.25, -0.2) is 0 Å². The molecule has 128 valence electrons. The SMILES string of the molecule is CCOCC.O=C1Cc2cc(C(=O)NCc3cccs3)ccc2N1. The fraction of sp³-hybridized carbons (Fsp3) is 0.333. The molecule has 24 heavy (non-hydrogen) atoms. The summed E-state index contributed by atoms with van der Waals surface area (Å²) >= 11 is 1.61. The third-order valence-electron chi connectivity index (χ3n) is 3.40. The fourth-order valence-corrected chi connectivity index (χ4v) is 2.90. The van der Waals surface area contributed by atoms with Crippen molar-refractivity contribution >= 4 is 28.8 Å². The Labute approximate surface area is 146 Å². The van der Waals surface area contributed by atoms with Gasteiger partial charge in [0, 0.05) is 29.3 Å². The molecule has 0 spiro atoms. The van der Waals surface area contributed by atoms with Crippen LogP contribution in [0.2, 0.25) is 0 Å². The Morgan fingerprint density at radius 2 is 2.08 bits per heavy atom. The number of rotatable bonds is 5. The molecule has 2 N–H and O–H groups in total. The van der Waals surface area contributed by atoms with Crippen LogP contribution in [0.5, 0.6) is 0 Å². The Morgan fingerprint density at radius 1 is 1.29 bits per heavy atom. The van der Waals surface area contributed by atoms with E-state index in [1.807, 2.05) is 31.4 Å². The summed E-state index contributed by atoms with van der Waals surface area (Å²) in [4.78, 5) is 24.4. The van der Waals surface area contributed by atoms with Gasteiger partial charge in [0.25, 0.3) is 5.91 Å². The predicted molar refractivity (Wildman–Crippen MR) is 96.4 cm³/mol. The highest BCUT2D eigenvalue weighted by Crippen LogP contribution is 2.23. The normalized spacial score (nSPS) is 12.0. The van der Waals surface area contributed by atoms with Crippen LogP contribution in [0, 0.1) is 0 Å². The number of anilines is 1. The first-order chi connectivity index (χ1) is 11.6. The minimum Gasteiger partial charge on any atom is -0.382 e. The van der Waals surface area contributed by atoms with Gasteiger partial charge >= 0.3 is 0 Å². The van der Waals surface area contributed by atoms with Gasteiger partial charge in [-0.2, -0.15) is 0 Å². The van der Waals surface area contributed by atoms with Gasteiger partial charge in [-0.3, -0.25) is 9.59 Å². The molecular weight excluding hydrogens is 324 g/mol. The summed E-state index contributed by atoms with van der Waals surface area (Å²) < 4.78 is 4.83. The van der Waals surface area contributed by atoms with E-state index < -0.39 is 0 Å². The van der Waals surface area contributed by atoms with Crippen LogP contribution in [0.3, 0.4) is 0 Å². The molecule has 0 saturated carbocycles. The molecule has 0 bridgehead atoms. The van der Waals surface area contributed by atoms with E-state index in [2.05, 4.69) is 10.6 Å². The maximum Gasteiger partial charge on any atom is 0.251 e. The van der Waals surface area contributed by atoms with Gasteiger partial charge in [-0.15, -0.1) is 11.3 Å². The third-order valence-corrected chi connectivity index (χ3v) is 4.28. The van der Waals surface area contributed by atoms with E-state index in [9.17, 15) is 9.59 Å². The summed E-state index contributed by atoms with van der Waals surface area (Å²) in [6.45, 7) is 6.20.